The van der Waals surface area contributed by atoms with E-state index in [0.717, 1.165) is 31.2 Å². The van der Waals surface area contributed by atoms with Crippen molar-refractivity contribution in [1.29, 1.82) is 0 Å². The number of ketones is 1. The molecule has 4 rings (SSSR count). The average molecular weight is 541 g/mol. The number of aromatic hydroxyl groups is 1. The van der Waals surface area contributed by atoms with E-state index >= 15 is 0 Å². The van der Waals surface area contributed by atoms with Crippen LogP contribution in [-0.2, 0) is 0 Å². The van der Waals surface area contributed by atoms with Crippen LogP contribution in [0.3, 0.4) is 0 Å². The lowest BCUT2D eigenvalue weighted by atomic mass is 9.65. The molecule has 0 aromatic heterocycles. The van der Waals surface area contributed by atoms with E-state index in [1.54, 1.807) is 13.2 Å². The lowest BCUT2D eigenvalue weighted by Crippen LogP contribution is -2.34. The molecular formula is C36H44O4. The molecule has 0 bridgehead atoms. The Kier molecular flexibility index (Phi) is 9.08. The number of carbonyl (C=O) groups is 1. The summed E-state index contributed by atoms with van der Waals surface area (Å²) in [4.78, 5) is 14.6. The molecule has 4 nitrogen and oxygen atoms in total. The standard InChI is InChI=1S/C36H44O4/c1-23(2)12-11-20-36(6)21-19-29-30(40-36)22-31(39-7)33(34(29)37)35(38)32-27(17-15-24(3)4)25(5)16-18-28(32)26-13-9-8-10-14-26/h8-10,12-16,19,21-22,27-28,32,37H,11,17-18,20H2,1-7H3/t27-,28+,32-,36?/m1/s1. The van der Waals surface area contributed by atoms with E-state index in [0.29, 0.717) is 17.1 Å². The molecule has 1 aliphatic heterocycles. The van der Waals surface area contributed by atoms with E-state index < -0.39 is 5.60 Å². The summed E-state index contributed by atoms with van der Waals surface area (Å²) < 4.78 is 12.2. The number of carbonyl (C=O) groups excluding carboxylic acids is 1. The van der Waals surface area contributed by atoms with Gasteiger partial charge in [0.1, 0.15) is 28.4 Å². The van der Waals surface area contributed by atoms with Gasteiger partial charge in [0.2, 0.25) is 0 Å². The number of phenolic OH excluding ortho intramolecular Hbond substituents is 1. The fourth-order valence-electron chi connectivity index (χ4n) is 6.05. The molecule has 0 saturated heterocycles. The molecule has 0 fully saturated rings. The lowest BCUT2D eigenvalue weighted by molar-refractivity contribution is 0.0843. The third-order valence-electron chi connectivity index (χ3n) is 8.33. The second kappa shape index (κ2) is 12.3. The molecular weight excluding hydrogens is 496 g/mol. The van der Waals surface area contributed by atoms with Crippen molar-refractivity contribution in [2.75, 3.05) is 7.11 Å². The highest BCUT2D eigenvalue weighted by Gasteiger charge is 2.42. The number of phenols is 1. The molecule has 4 atom stereocenters. The first kappa shape index (κ1) is 29.5. The molecule has 2 aliphatic rings. The van der Waals surface area contributed by atoms with Crippen molar-refractivity contribution in [1.82, 2.24) is 0 Å². The monoisotopic (exact) mass is 540 g/mol. The van der Waals surface area contributed by atoms with Gasteiger partial charge in [0.05, 0.1) is 12.7 Å². The fraction of sp³-hybridized carbons (Fsp3) is 0.417. The first-order chi connectivity index (χ1) is 19.0. The maximum atomic E-state index is 14.6. The van der Waals surface area contributed by atoms with Gasteiger partial charge in [0.15, 0.2) is 5.78 Å². The van der Waals surface area contributed by atoms with Gasteiger partial charge in [-0.3, -0.25) is 4.79 Å². The Bertz CT molecular complexity index is 1350. The number of ether oxygens (including phenoxy) is 2. The zero-order valence-electron chi connectivity index (χ0n) is 25.1. The molecule has 40 heavy (non-hydrogen) atoms. The van der Waals surface area contributed by atoms with Gasteiger partial charge < -0.3 is 14.6 Å². The summed E-state index contributed by atoms with van der Waals surface area (Å²) in [7, 11) is 1.55. The molecule has 1 unspecified atom stereocenters. The molecule has 0 amide bonds. The van der Waals surface area contributed by atoms with Crippen LogP contribution >= 0.6 is 0 Å². The summed E-state index contributed by atoms with van der Waals surface area (Å²) in [5, 5.41) is 11.6. The topological polar surface area (TPSA) is 55.8 Å². The first-order valence-corrected chi connectivity index (χ1v) is 14.4. The SMILES string of the molecule is COc1cc2c(c(O)c1C(=O)[C@@H]1[C@H](CC=C(C)C)C(C)=CC[C@H]1c1ccccc1)C=CC(C)(CCC=C(C)C)O2. The van der Waals surface area contributed by atoms with Crippen LogP contribution in [0.4, 0.5) is 0 Å². The maximum absolute atomic E-state index is 14.6. The zero-order valence-corrected chi connectivity index (χ0v) is 25.1. The van der Waals surface area contributed by atoms with E-state index in [2.05, 4.69) is 65.0 Å². The van der Waals surface area contributed by atoms with Crippen LogP contribution in [0.5, 0.6) is 17.2 Å². The van der Waals surface area contributed by atoms with E-state index in [9.17, 15) is 9.90 Å². The van der Waals surface area contributed by atoms with Gasteiger partial charge in [0.25, 0.3) is 0 Å². The average Bonchev–Trinajstić information content (AvgIpc) is 2.91. The summed E-state index contributed by atoms with van der Waals surface area (Å²) in [6.07, 6.45) is 13.8. The Hall–Kier alpha value is -3.53. The molecule has 1 N–H and O–H groups in total. The van der Waals surface area contributed by atoms with Crippen molar-refractivity contribution >= 4 is 11.9 Å². The van der Waals surface area contributed by atoms with E-state index in [-0.39, 0.29) is 34.8 Å². The number of methoxy groups -OCH3 is 1. The van der Waals surface area contributed by atoms with Crippen molar-refractivity contribution in [3.8, 4) is 17.2 Å². The van der Waals surface area contributed by atoms with Crippen LogP contribution < -0.4 is 9.47 Å². The number of rotatable bonds is 9. The number of hydrogen-bond acceptors (Lipinski definition) is 4. The number of fused-ring (bicyclic) bond motifs is 1. The highest BCUT2D eigenvalue weighted by Crippen LogP contribution is 2.49. The Morgan fingerprint density at radius 2 is 1.82 bits per heavy atom. The fourth-order valence-corrected chi connectivity index (χ4v) is 6.05. The number of Topliss-reactive ketones (excluding diaryl/α,β-unsaturated/α-hetero) is 1. The van der Waals surface area contributed by atoms with Gasteiger partial charge in [-0.1, -0.05) is 65.3 Å². The van der Waals surface area contributed by atoms with Gasteiger partial charge in [0, 0.05) is 12.0 Å². The Labute approximate surface area is 240 Å². The number of hydrogen-bond donors (Lipinski definition) is 1. The second-order valence-corrected chi connectivity index (χ2v) is 12.0. The van der Waals surface area contributed by atoms with Crippen LogP contribution in [0.15, 0.2) is 77.4 Å². The first-order valence-electron chi connectivity index (χ1n) is 14.4. The van der Waals surface area contributed by atoms with Crippen LogP contribution in [0.25, 0.3) is 6.08 Å². The Balaban J connectivity index is 1.78. The quantitative estimate of drug-likeness (QED) is 0.254. The molecule has 1 aliphatic carbocycles. The van der Waals surface area contributed by atoms with E-state index in [1.165, 1.54) is 16.7 Å². The zero-order chi connectivity index (χ0) is 29.0. The van der Waals surface area contributed by atoms with Gasteiger partial charge in [-0.2, -0.15) is 0 Å². The molecule has 0 saturated carbocycles. The minimum Gasteiger partial charge on any atom is -0.506 e. The van der Waals surface area contributed by atoms with E-state index in [1.807, 2.05) is 37.3 Å². The second-order valence-electron chi connectivity index (χ2n) is 12.0. The lowest BCUT2D eigenvalue weighted by Gasteiger charge is -2.38. The van der Waals surface area contributed by atoms with Crippen LogP contribution in [0, 0.1) is 11.8 Å². The van der Waals surface area contributed by atoms with Crippen molar-refractivity contribution in [3.63, 3.8) is 0 Å². The highest BCUT2D eigenvalue weighted by molar-refractivity contribution is 6.05. The van der Waals surface area contributed by atoms with Crippen molar-refractivity contribution in [2.24, 2.45) is 11.8 Å². The van der Waals surface area contributed by atoms with Crippen molar-refractivity contribution in [3.05, 3.63) is 94.1 Å². The summed E-state index contributed by atoms with van der Waals surface area (Å²) in [5.74, 6) is 0.406. The van der Waals surface area contributed by atoms with Gasteiger partial charge >= 0.3 is 0 Å². The summed E-state index contributed by atoms with van der Waals surface area (Å²) in [6, 6.07) is 12.0. The maximum Gasteiger partial charge on any atom is 0.174 e. The predicted molar refractivity (Wildman–Crippen MR) is 164 cm³/mol. The van der Waals surface area contributed by atoms with Crippen LogP contribution in [-0.4, -0.2) is 23.6 Å². The van der Waals surface area contributed by atoms with Gasteiger partial charge in [-0.05, 0) is 96.8 Å². The van der Waals surface area contributed by atoms with Crippen molar-refractivity contribution in [2.45, 2.75) is 78.7 Å². The third-order valence-corrected chi connectivity index (χ3v) is 8.33. The molecule has 1 heterocycles. The highest BCUT2D eigenvalue weighted by atomic mass is 16.5. The Morgan fingerprint density at radius 3 is 2.48 bits per heavy atom. The van der Waals surface area contributed by atoms with Crippen LogP contribution in [0.2, 0.25) is 0 Å². The molecule has 2 aromatic carbocycles. The van der Waals surface area contributed by atoms with E-state index in [4.69, 9.17) is 9.47 Å². The predicted octanol–water partition coefficient (Wildman–Crippen LogP) is 9.22. The summed E-state index contributed by atoms with van der Waals surface area (Å²) in [5.41, 5.74) is 5.12. The minimum atomic E-state index is -0.513. The van der Waals surface area contributed by atoms with Crippen molar-refractivity contribution < 1.29 is 19.4 Å². The van der Waals surface area contributed by atoms with Gasteiger partial charge in [-0.15, -0.1) is 0 Å². The largest absolute Gasteiger partial charge is 0.506 e. The number of allylic oxidation sites excluding steroid dienone is 6. The molecule has 2 aromatic rings. The van der Waals surface area contributed by atoms with Crippen LogP contribution in [0.1, 0.15) is 94.6 Å². The minimum absolute atomic E-state index is 0.00161. The smallest absolute Gasteiger partial charge is 0.174 e. The third kappa shape index (κ3) is 6.27. The molecule has 4 heteroatoms. The van der Waals surface area contributed by atoms with Gasteiger partial charge in [-0.25, -0.2) is 0 Å². The summed E-state index contributed by atoms with van der Waals surface area (Å²) >= 11 is 0. The summed E-state index contributed by atoms with van der Waals surface area (Å²) in [6.45, 7) is 12.5. The number of benzene rings is 2. The molecule has 0 radical (unpaired) electrons. The Morgan fingerprint density at radius 1 is 1.12 bits per heavy atom. The normalized spacial score (nSPS) is 23.4. The molecule has 212 valence electrons. The molecule has 0 spiro atoms.